The number of allylic oxidation sites excluding steroid dienone is 1. The van der Waals surface area contributed by atoms with E-state index in [1.165, 1.54) is 0 Å². The van der Waals surface area contributed by atoms with E-state index in [9.17, 15) is 0 Å². The maximum absolute atomic E-state index is 6.20. The third-order valence-electron chi connectivity index (χ3n) is 5.06. The average molecular weight is 411 g/mol. The van der Waals surface area contributed by atoms with Gasteiger partial charge in [0.15, 0.2) is 5.82 Å². The highest BCUT2D eigenvalue weighted by atomic mass is 35.5. The van der Waals surface area contributed by atoms with Crippen molar-refractivity contribution >= 4 is 17.7 Å². The van der Waals surface area contributed by atoms with Crippen LogP contribution in [0.5, 0.6) is 0 Å². The number of piperidine rings is 1. The fourth-order valence-corrected chi connectivity index (χ4v) is 3.70. The lowest BCUT2D eigenvalue weighted by atomic mass is 10.0. The summed E-state index contributed by atoms with van der Waals surface area (Å²) in [7, 11) is 0. The molecule has 2 aromatic heterocycles. The molecule has 0 radical (unpaired) electrons. The van der Waals surface area contributed by atoms with E-state index in [4.69, 9.17) is 11.6 Å². The van der Waals surface area contributed by atoms with Gasteiger partial charge < -0.3 is 4.90 Å². The maximum Gasteiger partial charge on any atom is 0.171 e. The Balaban J connectivity index is 1.41. The molecule has 1 aliphatic heterocycles. The molecule has 1 aromatic carbocycles. The largest absolute Gasteiger partial charge is 0.372 e. The van der Waals surface area contributed by atoms with Crippen molar-refractivity contribution < 1.29 is 0 Å². The Morgan fingerprint density at radius 3 is 2.69 bits per heavy atom. The van der Waals surface area contributed by atoms with Crippen molar-refractivity contribution in [2.45, 2.75) is 32.4 Å². The molecule has 0 saturated carbocycles. The van der Waals surface area contributed by atoms with Crippen LogP contribution in [0.15, 0.2) is 48.9 Å². The summed E-state index contributed by atoms with van der Waals surface area (Å²) in [5.74, 6) is 0.645. The van der Waals surface area contributed by atoms with Gasteiger partial charge in [-0.05, 0) is 54.3 Å². The van der Waals surface area contributed by atoms with E-state index in [1.807, 2.05) is 29.9 Å². The van der Waals surface area contributed by atoms with Crippen LogP contribution in [0, 0.1) is 6.92 Å². The maximum atomic E-state index is 6.20. The summed E-state index contributed by atoms with van der Waals surface area (Å²) in [6, 6.07) is 6.18. The predicted molar refractivity (Wildman–Crippen MR) is 111 cm³/mol. The fourth-order valence-electron chi connectivity index (χ4n) is 3.51. The summed E-state index contributed by atoms with van der Waals surface area (Å²) in [6.45, 7) is 8.45. The van der Waals surface area contributed by atoms with E-state index in [2.05, 4.69) is 49.2 Å². The first-order chi connectivity index (χ1) is 14.1. The standard InChI is InChI=1S/C20H23ClN8/c1-15(27-11-7-20(8-12-27)29-22-9-10-23-29)3-4-17-5-6-19(21)13-18(17)14-28-25-16(2)24-26-28/h3-6,9-10,13,20H,1,7-8,11-12,14H2,2H3/b4-3+. The fraction of sp³-hybridized carbons (Fsp3) is 0.350. The van der Waals surface area contributed by atoms with Crippen LogP contribution in [0.1, 0.15) is 35.8 Å². The first-order valence-corrected chi connectivity index (χ1v) is 9.97. The molecule has 1 fully saturated rings. The van der Waals surface area contributed by atoms with Gasteiger partial charge in [0.2, 0.25) is 0 Å². The van der Waals surface area contributed by atoms with Crippen molar-refractivity contribution in [3.8, 4) is 0 Å². The zero-order valence-corrected chi connectivity index (χ0v) is 17.1. The molecule has 0 spiro atoms. The van der Waals surface area contributed by atoms with Crippen molar-refractivity contribution in [1.29, 1.82) is 0 Å². The molecule has 0 atom stereocenters. The molecule has 1 saturated heterocycles. The van der Waals surface area contributed by atoms with Crippen LogP contribution in [0.25, 0.3) is 6.08 Å². The van der Waals surface area contributed by atoms with Crippen LogP contribution in [0.4, 0.5) is 0 Å². The summed E-state index contributed by atoms with van der Waals surface area (Å²) >= 11 is 6.20. The molecule has 0 amide bonds. The van der Waals surface area contributed by atoms with Crippen LogP contribution in [0.2, 0.25) is 5.02 Å². The molecule has 3 aromatic rings. The Morgan fingerprint density at radius 2 is 2.00 bits per heavy atom. The van der Waals surface area contributed by atoms with Gasteiger partial charge in [-0.3, -0.25) is 0 Å². The number of hydrogen-bond acceptors (Lipinski definition) is 6. The predicted octanol–water partition coefficient (Wildman–Crippen LogP) is 3.14. The second-order valence-corrected chi connectivity index (χ2v) is 7.54. The van der Waals surface area contributed by atoms with E-state index in [0.29, 0.717) is 23.4 Å². The molecule has 29 heavy (non-hydrogen) atoms. The molecule has 0 unspecified atom stereocenters. The Bertz CT molecular complexity index is 999. The van der Waals surface area contributed by atoms with Crippen LogP contribution < -0.4 is 0 Å². The van der Waals surface area contributed by atoms with E-state index < -0.39 is 0 Å². The molecular formula is C20H23ClN8. The summed E-state index contributed by atoms with van der Waals surface area (Å²) in [4.78, 5) is 5.69. The van der Waals surface area contributed by atoms with Crippen molar-refractivity contribution in [3.63, 3.8) is 0 Å². The van der Waals surface area contributed by atoms with Gasteiger partial charge in [0.25, 0.3) is 0 Å². The highest BCUT2D eigenvalue weighted by Gasteiger charge is 2.21. The molecule has 0 N–H and O–H groups in total. The number of benzene rings is 1. The monoisotopic (exact) mass is 410 g/mol. The third kappa shape index (κ3) is 4.71. The quantitative estimate of drug-likeness (QED) is 0.581. The minimum absolute atomic E-state index is 0.361. The highest BCUT2D eigenvalue weighted by molar-refractivity contribution is 6.30. The molecule has 8 nitrogen and oxygen atoms in total. The van der Waals surface area contributed by atoms with Gasteiger partial charge in [-0.1, -0.05) is 30.3 Å². The topological polar surface area (TPSA) is 77.5 Å². The Labute approximate surface area is 174 Å². The summed E-state index contributed by atoms with van der Waals surface area (Å²) in [5.41, 5.74) is 3.08. The SMILES string of the molecule is C=C(/C=C/c1ccc(Cl)cc1Cn1nnc(C)n1)N1CCC(n2nccn2)CC1. The number of likely N-dealkylation sites (tertiary alicyclic amines) is 1. The van der Waals surface area contributed by atoms with Crippen LogP contribution >= 0.6 is 11.6 Å². The van der Waals surface area contributed by atoms with Gasteiger partial charge in [0, 0.05) is 23.8 Å². The Kier molecular flexibility index (Phi) is 5.71. The summed E-state index contributed by atoms with van der Waals surface area (Å²) in [5, 5.41) is 21.4. The first kappa shape index (κ1) is 19.3. The normalized spacial score (nSPS) is 15.3. The number of hydrogen-bond donors (Lipinski definition) is 0. The number of nitrogens with zero attached hydrogens (tertiary/aromatic N) is 8. The second-order valence-electron chi connectivity index (χ2n) is 7.10. The van der Waals surface area contributed by atoms with Crippen molar-refractivity contribution in [1.82, 2.24) is 40.1 Å². The first-order valence-electron chi connectivity index (χ1n) is 9.59. The van der Waals surface area contributed by atoms with E-state index in [1.54, 1.807) is 17.2 Å². The average Bonchev–Trinajstić information content (AvgIpc) is 3.39. The van der Waals surface area contributed by atoms with Crippen molar-refractivity contribution in [2.75, 3.05) is 13.1 Å². The molecule has 3 heterocycles. The molecule has 0 aliphatic carbocycles. The second kappa shape index (κ2) is 8.57. The molecule has 1 aliphatic rings. The van der Waals surface area contributed by atoms with Crippen LogP contribution in [-0.4, -0.2) is 53.2 Å². The molecule has 150 valence electrons. The van der Waals surface area contributed by atoms with Gasteiger partial charge in [-0.2, -0.15) is 19.8 Å². The van der Waals surface area contributed by atoms with E-state index >= 15 is 0 Å². The van der Waals surface area contributed by atoms with Gasteiger partial charge in [-0.25, -0.2) is 0 Å². The Morgan fingerprint density at radius 1 is 1.24 bits per heavy atom. The van der Waals surface area contributed by atoms with Crippen molar-refractivity contribution in [3.05, 3.63) is 70.9 Å². The third-order valence-corrected chi connectivity index (χ3v) is 5.29. The van der Waals surface area contributed by atoms with E-state index in [0.717, 1.165) is 42.8 Å². The number of rotatable bonds is 6. The van der Waals surface area contributed by atoms with E-state index in [-0.39, 0.29) is 0 Å². The minimum Gasteiger partial charge on any atom is -0.372 e. The highest BCUT2D eigenvalue weighted by Crippen LogP contribution is 2.24. The van der Waals surface area contributed by atoms with Crippen LogP contribution in [-0.2, 0) is 6.54 Å². The Hall–Kier alpha value is -3.00. The number of halogens is 1. The van der Waals surface area contributed by atoms with Gasteiger partial charge >= 0.3 is 0 Å². The number of aromatic nitrogens is 7. The number of tetrazole rings is 1. The van der Waals surface area contributed by atoms with Gasteiger partial charge in [0.05, 0.1) is 25.0 Å². The lowest BCUT2D eigenvalue weighted by Crippen LogP contribution is -2.34. The van der Waals surface area contributed by atoms with Gasteiger partial charge in [0.1, 0.15) is 0 Å². The zero-order chi connectivity index (χ0) is 20.2. The zero-order valence-electron chi connectivity index (χ0n) is 16.3. The van der Waals surface area contributed by atoms with Crippen LogP contribution in [0.3, 0.4) is 0 Å². The van der Waals surface area contributed by atoms with Crippen molar-refractivity contribution in [2.24, 2.45) is 0 Å². The molecular weight excluding hydrogens is 388 g/mol. The lowest BCUT2D eigenvalue weighted by molar-refractivity contribution is 0.212. The van der Waals surface area contributed by atoms with Gasteiger partial charge in [-0.15, -0.1) is 10.2 Å². The minimum atomic E-state index is 0.361. The summed E-state index contributed by atoms with van der Waals surface area (Å²) in [6.07, 6.45) is 9.59. The molecule has 9 heteroatoms. The lowest BCUT2D eigenvalue weighted by Gasteiger charge is -2.33. The smallest absolute Gasteiger partial charge is 0.171 e. The molecule has 0 bridgehead atoms. The summed E-state index contributed by atoms with van der Waals surface area (Å²) < 4.78 is 0. The number of aryl methyl sites for hydroxylation is 1. The molecule has 4 rings (SSSR count).